The number of rotatable bonds is 1. The third-order valence-corrected chi connectivity index (χ3v) is 2.52. The summed E-state index contributed by atoms with van der Waals surface area (Å²) in [6.45, 7) is 5.52. The zero-order valence-electron chi connectivity index (χ0n) is 10.1. The standard InChI is InChI=1S/C11H21NO4/c1-11(2,3)16-10(15)12-6-9(14)5-4-8(12)7-13/h8-9,13-14H,4-7H2,1-3H3. The molecule has 0 spiro atoms. The molecular weight excluding hydrogens is 210 g/mol. The van der Waals surface area contributed by atoms with Gasteiger partial charge in [-0.25, -0.2) is 4.79 Å². The smallest absolute Gasteiger partial charge is 0.410 e. The first-order valence-corrected chi connectivity index (χ1v) is 5.62. The highest BCUT2D eigenvalue weighted by Gasteiger charge is 2.33. The Balaban J connectivity index is 2.63. The number of piperidine rings is 1. The van der Waals surface area contributed by atoms with Gasteiger partial charge in [0, 0.05) is 0 Å². The first kappa shape index (κ1) is 13.3. The van der Waals surface area contributed by atoms with Crippen molar-refractivity contribution in [3.63, 3.8) is 0 Å². The molecule has 5 nitrogen and oxygen atoms in total. The highest BCUT2D eigenvalue weighted by Crippen LogP contribution is 2.20. The van der Waals surface area contributed by atoms with E-state index in [1.165, 1.54) is 4.90 Å². The van der Waals surface area contributed by atoms with E-state index in [-0.39, 0.29) is 19.2 Å². The molecule has 2 atom stereocenters. The molecule has 2 N–H and O–H groups in total. The van der Waals surface area contributed by atoms with Gasteiger partial charge in [-0.1, -0.05) is 0 Å². The average molecular weight is 231 g/mol. The molecule has 2 unspecified atom stereocenters. The molecule has 1 saturated heterocycles. The van der Waals surface area contributed by atoms with Gasteiger partial charge in [0.2, 0.25) is 0 Å². The van der Waals surface area contributed by atoms with Gasteiger partial charge in [-0.3, -0.25) is 0 Å². The maximum atomic E-state index is 11.8. The second kappa shape index (κ2) is 5.01. The molecule has 0 aromatic rings. The molecule has 0 saturated carbocycles. The number of ether oxygens (including phenoxy) is 1. The lowest BCUT2D eigenvalue weighted by atomic mass is 10.0. The van der Waals surface area contributed by atoms with Crippen molar-refractivity contribution in [2.75, 3.05) is 13.2 Å². The molecule has 1 fully saturated rings. The van der Waals surface area contributed by atoms with Gasteiger partial charge in [-0.05, 0) is 33.6 Å². The average Bonchev–Trinajstić information content (AvgIpc) is 2.15. The van der Waals surface area contributed by atoms with Crippen LogP contribution in [-0.4, -0.2) is 52.1 Å². The minimum Gasteiger partial charge on any atom is -0.444 e. The summed E-state index contributed by atoms with van der Waals surface area (Å²) in [6, 6.07) is -0.238. The van der Waals surface area contributed by atoms with E-state index >= 15 is 0 Å². The van der Waals surface area contributed by atoms with Crippen LogP contribution < -0.4 is 0 Å². The lowest BCUT2D eigenvalue weighted by Gasteiger charge is -2.37. The van der Waals surface area contributed by atoms with Crippen molar-refractivity contribution in [2.24, 2.45) is 0 Å². The summed E-state index contributed by atoms with van der Waals surface area (Å²) in [6.07, 6.45) is 0.238. The SMILES string of the molecule is CC(C)(C)OC(=O)N1CC(O)CCC1CO. The second-order valence-corrected chi connectivity index (χ2v) is 5.20. The maximum absolute atomic E-state index is 11.8. The zero-order valence-corrected chi connectivity index (χ0v) is 10.1. The van der Waals surface area contributed by atoms with Crippen LogP contribution in [0, 0.1) is 0 Å². The van der Waals surface area contributed by atoms with Crippen LogP contribution in [0.3, 0.4) is 0 Å². The van der Waals surface area contributed by atoms with Crippen LogP contribution >= 0.6 is 0 Å². The Morgan fingerprint density at radius 2 is 2.06 bits per heavy atom. The Morgan fingerprint density at radius 1 is 1.44 bits per heavy atom. The fourth-order valence-corrected chi connectivity index (χ4v) is 1.74. The molecule has 0 aromatic heterocycles. The number of nitrogens with zero attached hydrogens (tertiary/aromatic N) is 1. The summed E-state index contributed by atoms with van der Waals surface area (Å²) >= 11 is 0. The topological polar surface area (TPSA) is 70.0 Å². The number of amides is 1. The van der Waals surface area contributed by atoms with Gasteiger partial charge in [-0.15, -0.1) is 0 Å². The number of hydrogen-bond donors (Lipinski definition) is 2. The predicted molar refractivity (Wildman–Crippen MR) is 59.1 cm³/mol. The summed E-state index contributed by atoms with van der Waals surface area (Å²) in [5.74, 6) is 0. The van der Waals surface area contributed by atoms with E-state index < -0.39 is 17.8 Å². The monoisotopic (exact) mass is 231 g/mol. The van der Waals surface area contributed by atoms with Crippen LogP contribution in [0.4, 0.5) is 4.79 Å². The molecule has 0 radical (unpaired) electrons. The third kappa shape index (κ3) is 3.64. The van der Waals surface area contributed by atoms with Crippen LogP contribution in [-0.2, 0) is 4.74 Å². The second-order valence-electron chi connectivity index (χ2n) is 5.20. The van der Waals surface area contributed by atoms with E-state index in [1.54, 1.807) is 20.8 Å². The van der Waals surface area contributed by atoms with Crippen molar-refractivity contribution in [3.8, 4) is 0 Å². The van der Waals surface area contributed by atoms with E-state index in [4.69, 9.17) is 9.84 Å². The number of aliphatic hydroxyl groups is 2. The highest BCUT2D eigenvalue weighted by molar-refractivity contribution is 5.68. The Hall–Kier alpha value is -0.810. The van der Waals surface area contributed by atoms with Crippen LogP contribution in [0.5, 0.6) is 0 Å². The van der Waals surface area contributed by atoms with Gasteiger partial charge in [0.25, 0.3) is 0 Å². The zero-order chi connectivity index (χ0) is 12.3. The van der Waals surface area contributed by atoms with E-state index in [0.29, 0.717) is 12.8 Å². The van der Waals surface area contributed by atoms with E-state index in [2.05, 4.69) is 0 Å². The summed E-state index contributed by atoms with van der Waals surface area (Å²) in [5, 5.41) is 18.7. The molecule has 1 rings (SSSR count). The molecule has 5 heteroatoms. The summed E-state index contributed by atoms with van der Waals surface area (Å²) in [5.41, 5.74) is -0.556. The fraction of sp³-hybridized carbons (Fsp3) is 0.909. The number of likely N-dealkylation sites (tertiary alicyclic amines) is 1. The van der Waals surface area contributed by atoms with E-state index in [0.717, 1.165) is 0 Å². The fourth-order valence-electron chi connectivity index (χ4n) is 1.74. The van der Waals surface area contributed by atoms with Gasteiger partial charge in [-0.2, -0.15) is 0 Å². The van der Waals surface area contributed by atoms with Crippen molar-refractivity contribution in [3.05, 3.63) is 0 Å². The molecule has 94 valence electrons. The minimum atomic E-state index is -0.556. The van der Waals surface area contributed by atoms with Crippen LogP contribution in [0.25, 0.3) is 0 Å². The number of carbonyl (C=O) groups excluding carboxylic acids is 1. The number of β-amino-alcohol motifs (C(OH)–C–C–N with tert-alkyl or cyclic N) is 1. The minimum absolute atomic E-state index is 0.0913. The van der Waals surface area contributed by atoms with Gasteiger partial charge >= 0.3 is 6.09 Å². The van der Waals surface area contributed by atoms with Crippen LogP contribution in [0.1, 0.15) is 33.6 Å². The van der Waals surface area contributed by atoms with E-state index in [9.17, 15) is 9.90 Å². The van der Waals surface area contributed by atoms with Gasteiger partial charge < -0.3 is 19.8 Å². The molecule has 0 aliphatic carbocycles. The van der Waals surface area contributed by atoms with Crippen molar-refractivity contribution in [2.45, 2.75) is 51.4 Å². The van der Waals surface area contributed by atoms with E-state index in [1.807, 2.05) is 0 Å². The van der Waals surface area contributed by atoms with Crippen molar-refractivity contribution in [1.82, 2.24) is 4.90 Å². The molecule has 1 heterocycles. The van der Waals surface area contributed by atoms with Crippen molar-refractivity contribution < 1.29 is 19.7 Å². The summed E-state index contributed by atoms with van der Waals surface area (Å²) in [7, 11) is 0. The number of carbonyl (C=O) groups is 1. The van der Waals surface area contributed by atoms with Crippen molar-refractivity contribution >= 4 is 6.09 Å². The molecule has 0 bridgehead atoms. The maximum Gasteiger partial charge on any atom is 0.410 e. The summed E-state index contributed by atoms with van der Waals surface area (Å²) in [4.78, 5) is 13.2. The lowest BCUT2D eigenvalue weighted by Crippen LogP contribution is -2.51. The van der Waals surface area contributed by atoms with Crippen LogP contribution in [0.2, 0.25) is 0 Å². The quantitative estimate of drug-likeness (QED) is 0.698. The Bertz CT molecular complexity index is 249. The molecular formula is C11H21NO4. The van der Waals surface area contributed by atoms with Gasteiger partial charge in [0.05, 0.1) is 25.3 Å². The normalized spacial score (nSPS) is 26.7. The van der Waals surface area contributed by atoms with Gasteiger partial charge in [0.15, 0.2) is 0 Å². The summed E-state index contributed by atoms with van der Waals surface area (Å²) < 4.78 is 5.22. The highest BCUT2D eigenvalue weighted by atomic mass is 16.6. The van der Waals surface area contributed by atoms with Crippen molar-refractivity contribution in [1.29, 1.82) is 0 Å². The molecule has 0 aromatic carbocycles. The molecule has 1 aliphatic heterocycles. The van der Waals surface area contributed by atoms with Crippen LogP contribution in [0.15, 0.2) is 0 Å². The molecule has 1 amide bonds. The number of aliphatic hydroxyl groups excluding tert-OH is 2. The first-order valence-electron chi connectivity index (χ1n) is 5.62. The Labute approximate surface area is 96.0 Å². The molecule has 1 aliphatic rings. The Kier molecular flexibility index (Phi) is 4.15. The third-order valence-electron chi connectivity index (χ3n) is 2.52. The van der Waals surface area contributed by atoms with Gasteiger partial charge in [0.1, 0.15) is 5.60 Å². The first-order chi connectivity index (χ1) is 7.33. The Morgan fingerprint density at radius 3 is 2.56 bits per heavy atom. The number of hydrogen-bond acceptors (Lipinski definition) is 4. The molecule has 16 heavy (non-hydrogen) atoms. The predicted octanol–water partition coefficient (Wildman–Crippen LogP) is 0.739. The lowest BCUT2D eigenvalue weighted by molar-refractivity contribution is -0.0223. The largest absolute Gasteiger partial charge is 0.444 e.